The third-order valence-corrected chi connectivity index (χ3v) is 4.04. The lowest BCUT2D eigenvalue weighted by atomic mass is 10.1. The Bertz CT molecular complexity index is 1050. The quantitative estimate of drug-likeness (QED) is 0.636. The summed E-state index contributed by atoms with van der Waals surface area (Å²) >= 11 is 6.08. The Morgan fingerprint density at radius 2 is 1.92 bits per heavy atom. The highest BCUT2D eigenvalue weighted by Crippen LogP contribution is 2.22. The highest BCUT2D eigenvalue weighted by atomic mass is 35.5. The Balaban J connectivity index is 1.85. The van der Waals surface area contributed by atoms with Gasteiger partial charge in [0.2, 0.25) is 5.91 Å². The molecule has 0 fully saturated rings. The van der Waals surface area contributed by atoms with E-state index < -0.39 is 11.5 Å². The first-order valence-electron chi connectivity index (χ1n) is 7.68. The van der Waals surface area contributed by atoms with Crippen LogP contribution in [0.1, 0.15) is 21.5 Å². The van der Waals surface area contributed by atoms with Gasteiger partial charge in [-0.3, -0.25) is 14.6 Å². The average molecular weight is 372 g/mol. The van der Waals surface area contributed by atoms with Crippen LogP contribution in [0.5, 0.6) is 0 Å². The number of pyridine rings is 2. The van der Waals surface area contributed by atoms with Crippen LogP contribution in [-0.2, 0) is 17.8 Å². The van der Waals surface area contributed by atoms with E-state index in [1.807, 2.05) is 0 Å². The number of amides is 1. The van der Waals surface area contributed by atoms with Gasteiger partial charge in [-0.1, -0.05) is 11.6 Å². The summed E-state index contributed by atoms with van der Waals surface area (Å²) in [5.74, 6) is -1.52. The van der Waals surface area contributed by atoms with Crippen LogP contribution in [0.3, 0.4) is 0 Å². The number of rotatable bonds is 5. The molecule has 7 nitrogen and oxygen atoms in total. The van der Waals surface area contributed by atoms with Crippen LogP contribution in [0.4, 0.5) is 0 Å². The molecule has 1 amide bonds. The fourth-order valence-corrected chi connectivity index (χ4v) is 2.84. The van der Waals surface area contributed by atoms with Crippen molar-refractivity contribution >= 4 is 34.4 Å². The monoisotopic (exact) mass is 371 g/mol. The highest BCUT2D eigenvalue weighted by molar-refractivity contribution is 6.31. The van der Waals surface area contributed by atoms with Crippen LogP contribution >= 0.6 is 11.6 Å². The predicted octanol–water partition coefficient (Wildman–Crippen LogP) is 2.13. The lowest BCUT2D eigenvalue weighted by molar-refractivity contribution is -0.120. The minimum Gasteiger partial charge on any atom is -0.477 e. The lowest BCUT2D eigenvalue weighted by Crippen LogP contribution is -2.25. The standard InChI is InChI=1S/C18H14ClN3O4/c19-13-6-11-8-14(18(25)26)17(24)22-16(11)12(7-13)9-21-15(23)5-10-1-3-20-4-2-10/h1-4,6-8H,5,9H2,(H,21,23)(H,22,24)(H,25,26). The Morgan fingerprint density at radius 1 is 1.19 bits per heavy atom. The number of aromatic carboxylic acids is 1. The summed E-state index contributed by atoms with van der Waals surface area (Å²) in [4.78, 5) is 41.6. The summed E-state index contributed by atoms with van der Waals surface area (Å²) in [7, 11) is 0. The van der Waals surface area contributed by atoms with Gasteiger partial charge >= 0.3 is 5.97 Å². The first-order chi connectivity index (χ1) is 12.4. The van der Waals surface area contributed by atoms with Crippen LogP contribution in [0.2, 0.25) is 5.02 Å². The maximum Gasteiger partial charge on any atom is 0.341 e. The summed E-state index contributed by atoms with van der Waals surface area (Å²) in [6, 6.07) is 7.94. The van der Waals surface area contributed by atoms with E-state index >= 15 is 0 Å². The third kappa shape index (κ3) is 3.89. The number of halogens is 1. The number of benzene rings is 1. The minimum atomic E-state index is -1.32. The van der Waals surface area contributed by atoms with E-state index in [4.69, 9.17) is 16.7 Å². The zero-order valence-electron chi connectivity index (χ0n) is 13.5. The van der Waals surface area contributed by atoms with Crippen molar-refractivity contribution in [3.8, 4) is 0 Å². The van der Waals surface area contributed by atoms with Gasteiger partial charge in [-0.05, 0) is 41.5 Å². The number of fused-ring (bicyclic) bond motifs is 1. The van der Waals surface area contributed by atoms with Crippen molar-refractivity contribution in [2.24, 2.45) is 0 Å². The second-order valence-corrected chi connectivity index (χ2v) is 6.09. The third-order valence-electron chi connectivity index (χ3n) is 3.82. The van der Waals surface area contributed by atoms with E-state index in [9.17, 15) is 14.4 Å². The summed E-state index contributed by atoms with van der Waals surface area (Å²) < 4.78 is 0. The molecule has 3 rings (SSSR count). The maximum atomic E-state index is 12.1. The maximum absolute atomic E-state index is 12.1. The molecule has 0 aliphatic carbocycles. The molecule has 0 aliphatic rings. The highest BCUT2D eigenvalue weighted by Gasteiger charge is 2.13. The fourth-order valence-electron chi connectivity index (χ4n) is 2.60. The molecule has 2 aromatic heterocycles. The molecule has 1 aromatic carbocycles. The smallest absolute Gasteiger partial charge is 0.341 e. The molecule has 3 N–H and O–H groups in total. The molecular weight excluding hydrogens is 358 g/mol. The van der Waals surface area contributed by atoms with E-state index in [0.29, 0.717) is 21.5 Å². The zero-order valence-corrected chi connectivity index (χ0v) is 14.2. The molecule has 0 bridgehead atoms. The first kappa shape index (κ1) is 17.6. The second kappa shape index (κ2) is 7.37. The predicted molar refractivity (Wildman–Crippen MR) is 96.3 cm³/mol. The molecule has 0 unspecified atom stereocenters. The van der Waals surface area contributed by atoms with Crippen LogP contribution in [0.15, 0.2) is 47.5 Å². The van der Waals surface area contributed by atoms with Crippen LogP contribution in [0.25, 0.3) is 10.9 Å². The molecule has 0 aliphatic heterocycles. The summed E-state index contributed by atoms with van der Waals surface area (Å²) in [6.45, 7) is 0.142. The van der Waals surface area contributed by atoms with Crippen LogP contribution in [0, 0.1) is 0 Å². The van der Waals surface area contributed by atoms with Crippen LogP contribution < -0.4 is 10.9 Å². The number of nitrogens with one attached hydrogen (secondary N) is 2. The average Bonchev–Trinajstić information content (AvgIpc) is 2.60. The van der Waals surface area contributed by atoms with Crippen molar-refractivity contribution in [3.63, 3.8) is 0 Å². The second-order valence-electron chi connectivity index (χ2n) is 5.66. The Kier molecular flexibility index (Phi) is 4.99. The largest absolute Gasteiger partial charge is 0.477 e. The van der Waals surface area contributed by atoms with Gasteiger partial charge < -0.3 is 15.4 Å². The Morgan fingerprint density at radius 3 is 2.62 bits per heavy atom. The number of hydrogen-bond donors (Lipinski definition) is 3. The lowest BCUT2D eigenvalue weighted by Gasteiger charge is -2.10. The van der Waals surface area contributed by atoms with Gasteiger partial charge in [-0.2, -0.15) is 0 Å². The number of H-pyrrole nitrogens is 1. The molecule has 3 aromatic rings. The van der Waals surface area contributed by atoms with Crippen molar-refractivity contribution in [2.45, 2.75) is 13.0 Å². The van der Waals surface area contributed by atoms with Crippen molar-refractivity contribution in [1.29, 1.82) is 0 Å². The SMILES string of the molecule is O=C(Cc1ccncc1)NCc1cc(Cl)cc2cc(C(=O)O)c(=O)[nH]c12. The van der Waals surface area contributed by atoms with Crippen molar-refractivity contribution in [2.75, 3.05) is 0 Å². The van der Waals surface area contributed by atoms with E-state index in [1.165, 1.54) is 6.07 Å². The number of nitrogens with zero attached hydrogens (tertiary/aromatic N) is 1. The topological polar surface area (TPSA) is 112 Å². The van der Waals surface area contributed by atoms with Gasteiger partial charge in [0.1, 0.15) is 5.56 Å². The number of carbonyl (C=O) groups is 2. The molecule has 26 heavy (non-hydrogen) atoms. The van der Waals surface area contributed by atoms with E-state index in [0.717, 1.165) is 5.56 Å². The molecule has 0 radical (unpaired) electrons. The fraction of sp³-hybridized carbons (Fsp3) is 0.111. The number of aromatic amines is 1. The molecule has 2 heterocycles. The normalized spacial score (nSPS) is 10.7. The van der Waals surface area contributed by atoms with E-state index in [1.54, 1.807) is 36.7 Å². The van der Waals surface area contributed by atoms with Crippen LogP contribution in [-0.4, -0.2) is 27.0 Å². The summed E-state index contributed by atoms with van der Waals surface area (Å²) in [5, 5.41) is 12.7. The number of hydrogen-bond acceptors (Lipinski definition) is 4. The van der Waals surface area contributed by atoms with Crippen molar-refractivity contribution in [1.82, 2.24) is 15.3 Å². The number of carboxylic acids is 1. The molecule has 0 atom stereocenters. The molecular formula is C18H14ClN3O4. The van der Waals surface area contributed by atoms with Gasteiger partial charge in [0.25, 0.3) is 5.56 Å². The first-order valence-corrected chi connectivity index (χ1v) is 8.06. The van der Waals surface area contributed by atoms with Gasteiger partial charge in [0.05, 0.1) is 11.9 Å². The van der Waals surface area contributed by atoms with E-state index in [2.05, 4.69) is 15.3 Å². The molecule has 0 saturated carbocycles. The summed E-state index contributed by atoms with van der Waals surface area (Å²) in [6.07, 6.45) is 3.41. The summed E-state index contributed by atoms with van der Waals surface area (Å²) in [5.41, 5.74) is 0.773. The Labute approximate surface area is 152 Å². The van der Waals surface area contributed by atoms with E-state index in [-0.39, 0.29) is 24.4 Å². The molecule has 132 valence electrons. The number of aromatic nitrogens is 2. The van der Waals surface area contributed by atoms with Gasteiger partial charge in [-0.25, -0.2) is 4.79 Å². The van der Waals surface area contributed by atoms with Gasteiger partial charge in [-0.15, -0.1) is 0 Å². The van der Waals surface area contributed by atoms with Crippen molar-refractivity contribution in [3.05, 3.63) is 74.8 Å². The number of carbonyl (C=O) groups excluding carboxylic acids is 1. The zero-order chi connectivity index (χ0) is 18.7. The molecule has 0 saturated heterocycles. The number of carboxylic acid groups (broad SMARTS) is 1. The molecule has 0 spiro atoms. The minimum absolute atomic E-state index is 0.142. The molecule has 8 heteroatoms. The Hall–Kier alpha value is -3.19. The van der Waals surface area contributed by atoms with Gasteiger partial charge in [0, 0.05) is 29.3 Å². The van der Waals surface area contributed by atoms with Gasteiger partial charge in [0.15, 0.2) is 0 Å². The van der Waals surface area contributed by atoms with Crippen molar-refractivity contribution < 1.29 is 14.7 Å².